The fraction of sp³-hybridized carbons (Fsp3) is 0.417. The number of methoxy groups -OCH3 is 1. The minimum atomic E-state index is -3.58. The number of nitrogens with one attached hydrogen (secondary N) is 1. The molecule has 0 atom stereocenters. The van der Waals surface area contributed by atoms with Gasteiger partial charge in [0.05, 0.1) is 6.61 Å². The van der Waals surface area contributed by atoms with Gasteiger partial charge in [0, 0.05) is 32.8 Å². The van der Waals surface area contributed by atoms with Crippen LogP contribution in [0.1, 0.15) is 11.1 Å². The van der Waals surface area contributed by atoms with Crippen LogP contribution >= 0.6 is 0 Å². The first-order valence-corrected chi connectivity index (χ1v) is 7.61. The SMILES string of the molecule is COCCNS(=O)(=O)N(C)Cc1cccc(/C(N)=N/O)c1. The monoisotopic (exact) mass is 316 g/mol. The highest BCUT2D eigenvalue weighted by molar-refractivity contribution is 7.87. The maximum atomic E-state index is 12.0. The molecular weight excluding hydrogens is 296 g/mol. The predicted molar refractivity (Wildman–Crippen MR) is 79.2 cm³/mol. The van der Waals surface area contributed by atoms with Crippen LogP contribution in [0.4, 0.5) is 0 Å². The van der Waals surface area contributed by atoms with Crippen LogP contribution in [-0.2, 0) is 21.5 Å². The highest BCUT2D eigenvalue weighted by Crippen LogP contribution is 2.09. The molecule has 8 nitrogen and oxygen atoms in total. The largest absolute Gasteiger partial charge is 0.409 e. The molecule has 1 rings (SSSR count). The van der Waals surface area contributed by atoms with Crippen molar-refractivity contribution in [3.63, 3.8) is 0 Å². The van der Waals surface area contributed by atoms with Crippen LogP contribution in [0.15, 0.2) is 29.4 Å². The molecule has 0 unspecified atom stereocenters. The van der Waals surface area contributed by atoms with Crippen LogP contribution in [0.2, 0.25) is 0 Å². The second kappa shape index (κ2) is 7.93. The van der Waals surface area contributed by atoms with Crippen LogP contribution in [0.3, 0.4) is 0 Å². The minimum Gasteiger partial charge on any atom is -0.409 e. The van der Waals surface area contributed by atoms with Crippen LogP contribution in [0, 0.1) is 0 Å². The summed E-state index contributed by atoms with van der Waals surface area (Å²) in [5, 5.41) is 11.6. The zero-order valence-electron chi connectivity index (χ0n) is 12.0. The molecule has 0 aromatic heterocycles. The van der Waals surface area contributed by atoms with Crippen LogP contribution in [-0.4, -0.2) is 51.1 Å². The second-order valence-corrected chi connectivity index (χ2v) is 6.20. The van der Waals surface area contributed by atoms with E-state index in [1.165, 1.54) is 18.5 Å². The summed E-state index contributed by atoms with van der Waals surface area (Å²) in [6.07, 6.45) is 0. The van der Waals surface area contributed by atoms with Crippen molar-refractivity contribution in [1.29, 1.82) is 0 Å². The lowest BCUT2D eigenvalue weighted by molar-refractivity contribution is 0.204. The summed E-state index contributed by atoms with van der Waals surface area (Å²) in [5.74, 6) is -0.0272. The number of hydrogen-bond acceptors (Lipinski definition) is 5. The third-order valence-electron chi connectivity index (χ3n) is 2.74. The third-order valence-corrected chi connectivity index (χ3v) is 4.26. The molecule has 0 aliphatic rings. The first kappa shape index (κ1) is 17.4. The lowest BCUT2D eigenvalue weighted by atomic mass is 10.1. The molecule has 0 aliphatic heterocycles. The Morgan fingerprint density at radius 3 is 2.86 bits per heavy atom. The first-order chi connectivity index (χ1) is 9.90. The Labute approximate surface area is 124 Å². The Morgan fingerprint density at radius 2 is 2.24 bits per heavy atom. The van der Waals surface area contributed by atoms with Crippen molar-refractivity contribution in [1.82, 2.24) is 9.03 Å². The highest BCUT2D eigenvalue weighted by Gasteiger charge is 2.17. The lowest BCUT2D eigenvalue weighted by Gasteiger charge is -2.18. The van der Waals surface area contributed by atoms with E-state index in [0.717, 1.165) is 5.56 Å². The van der Waals surface area contributed by atoms with Gasteiger partial charge in [-0.2, -0.15) is 17.4 Å². The molecule has 0 aliphatic carbocycles. The molecule has 9 heteroatoms. The molecule has 0 amide bonds. The average molecular weight is 316 g/mol. The number of hydrogen-bond donors (Lipinski definition) is 3. The number of nitrogens with zero attached hydrogens (tertiary/aromatic N) is 2. The summed E-state index contributed by atoms with van der Waals surface area (Å²) in [5.41, 5.74) is 6.75. The van der Waals surface area contributed by atoms with E-state index in [0.29, 0.717) is 12.2 Å². The second-order valence-electron chi connectivity index (χ2n) is 4.33. The van der Waals surface area contributed by atoms with Gasteiger partial charge in [-0.1, -0.05) is 23.4 Å². The van der Waals surface area contributed by atoms with Gasteiger partial charge in [-0.3, -0.25) is 0 Å². The lowest BCUT2D eigenvalue weighted by Crippen LogP contribution is -2.39. The van der Waals surface area contributed by atoms with Gasteiger partial charge in [0.25, 0.3) is 10.2 Å². The Balaban J connectivity index is 2.76. The maximum Gasteiger partial charge on any atom is 0.279 e. The fourth-order valence-corrected chi connectivity index (χ4v) is 2.49. The standard InChI is InChI=1S/C12H20N4O4S/c1-16(21(18,19)14-6-7-20-2)9-10-4-3-5-11(8-10)12(13)15-17/h3-5,8,14,17H,6-7,9H2,1-2H3,(H2,13,15). The van der Waals surface area contributed by atoms with E-state index in [4.69, 9.17) is 15.7 Å². The summed E-state index contributed by atoms with van der Waals surface area (Å²) < 4.78 is 32.3. The zero-order chi connectivity index (χ0) is 15.9. The van der Waals surface area contributed by atoms with E-state index in [2.05, 4.69) is 9.88 Å². The number of rotatable bonds is 8. The molecule has 0 spiro atoms. The summed E-state index contributed by atoms with van der Waals surface area (Å²) >= 11 is 0. The van der Waals surface area contributed by atoms with Gasteiger partial charge < -0.3 is 15.7 Å². The van der Waals surface area contributed by atoms with E-state index in [1.54, 1.807) is 24.3 Å². The molecule has 0 radical (unpaired) electrons. The fourth-order valence-electron chi connectivity index (χ4n) is 1.61. The summed E-state index contributed by atoms with van der Waals surface area (Å²) in [7, 11) is -0.617. The highest BCUT2D eigenvalue weighted by atomic mass is 32.2. The average Bonchev–Trinajstić information content (AvgIpc) is 2.46. The molecule has 118 valence electrons. The van der Waals surface area contributed by atoms with E-state index in [1.807, 2.05) is 0 Å². The predicted octanol–water partition coefficient (Wildman–Crippen LogP) is -0.306. The van der Waals surface area contributed by atoms with Gasteiger partial charge in [0.15, 0.2) is 5.84 Å². The van der Waals surface area contributed by atoms with Crippen molar-refractivity contribution < 1.29 is 18.4 Å². The van der Waals surface area contributed by atoms with Crippen LogP contribution in [0.25, 0.3) is 0 Å². The number of nitrogens with two attached hydrogens (primary N) is 1. The summed E-state index contributed by atoms with van der Waals surface area (Å²) in [6.45, 7) is 0.661. The molecule has 0 saturated carbocycles. The molecule has 0 heterocycles. The topological polar surface area (TPSA) is 117 Å². The minimum absolute atomic E-state index is 0.0272. The van der Waals surface area contributed by atoms with Crippen molar-refractivity contribution in [3.05, 3.63) is 35.4 Å². The molecule has 0 fully saturated rings. The molecule has 0 bridgehead atoms. The Hall–Kier alpha value is -1.68. The number of ether oxygens (including phenoxy) is 1. The van der Waals surface area contributed by atoms with Crippen molar-refractivity contribution >= 4 is 16.0 Å². The Bertz CT molecular complexity index is 589. The van der Waals surface area contributed by atoms with Gasteiger partial charge >= 0.3 is 0 Å². The van der Waals surface area contributed by atoms with Crippen molar-refractivity contribution in [2.45, 2.75) is 6.54 Å². The molecule has 4 N–H and O–H groups in total. The van der Waals surface area contributed by atoms with Gasteiger partial charge in [-0.05, 0) is 11.6 Å². The maximum absolute atomic E-state index is 12.0. The Morgan fingerprint density at radius 1 is 1.52 bits per heavy atom. The van der Waals surface area contributed by atoms with Gasteiger partial charge in [0.2, 0.25) is 0 Å². The van der Waals surface area contributed by atoms with Crippen LogP contribution in [0.5, 0.6) is 0 Å². The first-order valence-electron chi connectivity index (χ1n) is 6.17. The van der Waals surface area contributed by atoms with Crippen molar-refractivity contribution in [2.24, 2.45) is 10.9 Å². The van der Waals surface area contributed by atoms with E-state index in [9.17, 15) is 8.42 Å². The van der Waals surface area contributed by atoms with E-state index in [-0.39, 0.29) is 18.9 Å². The molecule has 0 saturated heterocycles. The molecule has 21 heavy (non-hydrogen) atoms. The van der Waals surface area contributed by atoms with Gasteiger partial charge in [-0.25, -0.2) is 0 Å². The quantitative estimate of drug-likeness (QED) is 0.200. The zero-order valence-corrected chi connectivity index (χ0v) is 12.8. The normalized spacial score (nSPS) is 12.8. The summed E-state index contributed by atoms with van der Waals surface area (Å²) in [4.78, 5) is 0. The molecule has 1 aromatic carbocycles. The van der Waals surface area contributed by atoms with Crippen molar-refractivity contribution in [2.75, 3.05) is 27.3 Å². The Kier molecular flexibility index (Phi) is 6.56. The smallest absolute Gasteiger partial charge is 0.279 e. The molecule has 1 aromatic rings. The number of oxime groups is 1. The summed E-state index contributed by atoms with van der Waals surface area (Å²) in [6, 6.07) is 6.80. The van der Waals surface area contributed by atoms with Crippen molar-refractivity contribution in [3.8, 4) is 0 Å². The van der Waals surface area contributed by atoms with E-state index < -0.39 is 10.2 Å². The van der Waals surface area contributed by atoms with E-state index >= 15 is 0 Å². The van der Waals surface area contributed by atoms with Gasteiger partial charge in [-0.15, -0.1) is 0 Å². The van der Waals surface area contributed by atoms with Gasteiger partial charge in [0.1, 0.15) is 0 Å². The third kappa shape index (κ3) is 5.31. The molecular formula is C12H20N4O4S. The number of benzene rings is 1. The number of amidine groups is 1. The van der Waals surface area contributed by atoms with Crippen LogP contribution < -0.4 is 10.5 Å².